The summed E-state index contributed by atoms with van der Waals surface area (Å²) in [5.74, 6) is 3.66. The van der Waals surface area contributed by atoms with Gasteiger partial charge in [-0.15, -0.1) is 6.42 Å². The number of aryl methyl sites for hydroxylation is 1. The lowest BCUT2D eigenvalue weighted by Crippen LogP contribution is -2.40. The Morgan fingerprint density at radius 2 is 2.19 bits per heavy atom. The number of imidazole rings is 1. The lowest BCUT2D eigenvalue weighted by molar-refractivity contribution is -0.738. The summed E-state index contributed by atoms with van der Waals surface area (Å²) in [5, 5.41) is 0. The molecule has 1 rings (SSSR count). The van der Waals surface area contributed by atoms with Gasteiger partial charge in [0.1, 0.15) is 6.20 Å². The fourth-order valence-electron chi connectivity index (χ4n) is 1.33. The molecule has 0 unspecified atom stereocenters. The summed E-state index contributed by atoms with van der Waals surface area (Å²) in [5.41, 5.74) is 0.838. The zero-order chi connectivity index (χ0) is 12.2. The highest BCUT2D eigenvalue weighted by molar-refractivity contribution is 6.76. The van der Waals surface area contributed by atoms with E-state index < -0.39 is 8.07 Å². The van der Waals surface area contributed by atoms with E-state index in [1.54, 1.807) is 0 Å². The van der Waals surface area contributed by atoms with E-state index in [-0.39, 0.29) is 0 Å². The third-order valence-corrected chi connectivity index (χ3v) is 4.18. The lowest BCUT2D eigenvalue weighted by Gasteiger charge is -2.14. The van der Waals surface area contributed by atoms with Crippen LogP contribution in [0.3, 0.4) is 0 Å². The van der Waals surface area contributed by atoms with Crippen molar-refractivity contribution in [3.8, 4) is 12.3 Å². The topological polar surface area (TPSA) is 28.9 Å². The normalized spacial score (nSPS) is 11.4. The summed E-state index contributed by atoms with van der Waals surface area (Å²) in [7, 11) is -0.997. The summed E-state index contributed by atoms with van der Waals surface area (Å²) in [6.45, 7) is 10.4. The number of rotatable bonds is 5. The molecule has 1 aromatic heterocycles. The number of H-pyrrole nitrogens is 1. The second kappa shape index (κ2) is 5.33. The van der Waals surface area contributed by atoms with Crippen molar-refractivity contribution >= 4 is 8.07 Å². The van der Waals surface area contributed by atoms with Gasteiger partial charge >= 0.3 is 0 Å². The minimum absolute atomic E-state index is 0.541. The predicted molar refractivity (Wildman–Crippen MR) is 67.8 cm³/mol. The van der Waals surface area contributed by atoms with Crippen molar-refractivity contribution in [2.75, 3.05) is 6.61 Å². The standard InChI is InChI=1S/C12H20N2OSi/c1-6-12-9-13-11(2)14(12)10-15-7-8-16(3,4)5/h1,9H,7-8,10H2,2-5H3/p+1. The largest absolute Gasteiger partial charge is 0.342 e. The van der Waals surface area contributed by atoms with Gasteiger partial charge in [0, 0.05) is 21.6 Å². The second-order valence-electron chi connectivity index (χ2n) is 5.18. The highest BCUT2D eigenvalue weighted by Gasteiger charge is 2.14. The smallest absolute Gasteiger partial charge is 0.253 e. The molecule has 1 aromatic rings. The summed E-state index contributed by atoms with van der Waals surface area (Å²) in [4.78, 5) is 3.09. The molecule has 0 saturated carbocycles. The molecule has 1 N–H and O–H groups in total. The maximum absolute atomic E-state index is 5.66. The molecule has 0 aliphatic heterocycles. The molecule has 0 aliphatic rings. The number of aromatic nitrogens is 2. The molecule has 0 aliphatic carbocycles. The number of terminal acetylenes is 1. The van der Waals surface area contributed by atoms with Gasteiger partial charge in [0.05, 0.1) is 0 Å². The van der Waals surface area contributed by atoms with Gasteiger partial charge in [-0.3, -0.25) is 0 Å². The van der Waals surface area contributed by atoms with Crippen LogP contribution < -0.4 is 4.57 Å². The summed E-state index contributed by atoms with van der Waals surface area (Å²) in [6, 6.07) is 1.18. The van der Waals surface area contributed by atoms with Crippen LogP contribution in [0.15, 0.2) is 6.20 Å². The molecular formula is C12H21N2OSi+. The van der Waals surface area contributed by atoms with Crippen LogP contribution in [-0.2, 0) is 11.5 Å². The van der Waals surface area contributed by atoms with Crippen LogP contribution in [0.5, 0.6) is 0 Å². The Bertz CT molecular complexity index is 385. The van der Waals surface area contributed by atoms with Crippen LogP contribution in [0.4, 0.5) is 0 Å². The van der Waals surface area contributed by atoms with Gasteiger partial charge in [-0.25, -0.2) is 4.98 Å². The highest BCUT2D eigenvalue weighted by atomic mass is 28.3. The first-order chi connectivity index (χ1) is 7.44. The second-order valence-corrected chi connectivity index (χ2v) is 10.8. The molecule has 0 radical (unpaired) electrons. The van der Waals surface area contributed by atoms with Gasteiger partial charge < -0.3 is 4.74 Å². The Kier molecular flexibility index (Phi) is 4.33. The van der Waals surface area contributed by atoms with Crippen LogP contribution in [0.1, 0.15) is 11.5 Å². The molecule has 3 nitrogen and oxygen atoms in total. The van der Waals surface area contributed by atoms with Crippen molar-refractivity contribution in [3.63, 3.8) is 0 Å². The molecule has 0 saturated heterocycles. The number of hydrogen-bond acceptors (Lipinski definition) is 1. The summed E-state index contributed by atoms with van der Waals surface area (Å²) >= 11 is 0. The average molecular weight is 237 g/mol. The summed E-state index contributed by atoms with van der Waals surface area (Å²) < 4.78 is 7.64. The lowest BCUT2D eigenvalue weighted by atomic mass is 10.5. The monoisotopic (exact) mass is 237 g/mol. The minimum Gasteiger partial charge on any atom is -0.342 e. The molecule has 0 amide bonds. The Labute approximate surface area is 98.8 Å². The third kappa shape index (κ3) is 3.84. The maximum atomic E-state index is 5.66. The van der Waals surface area contributed by atoms with Crippen molar-refractivity contribution in [2.45, 2.75) is 39.3 Å². The van der Waals surface area contributed by atoms with Gasteiger partial charge in [0.2, 0.25) is 5.69 Å². The van der Waals surface area contributed by atoms with Crippen molar-refractivity contribution < 1.29 is 9.30 Å². The number of aromatic amines is 1. The first-order valence-electron chi connectivity index (χ1n) is 5.56. The number of nitrogens with zero attached hydrogens (tertiary/aromatic N) is 1. The van der Waals surface area contributed by atoms with E-state index in [0.717, 1.165) is 18.1 Å². The molecule has 0 aromatic carbocycles. The van der Waals surface area contributed by atoms with Crippen LogP contribution >= 0.6 is 0 Å². The highest BCUT2D eigenvalue weighted by Crippen LogP contribution is 2.07. The van der Waals surface area contributed by atoms with E-state index in [4.69, 9.17) is 11.2 Å². The van der Waals surface area contributed by atoms with Crippen molar-refractivity contribution in [2.24, 2.45) is 0 Å². The van der Waals surface area contributed by atoms with Gasteiger partial charge in [-0.1, -0.05) is 19.6 Å². The fourth-order valence-corrected chi connectivity index (χ4v) is 2.09. The Morgan fingerprint density at radius 1 is 1.50 bits per heavy atom. The zero-order valence-corrected chi connectivity index (χ0v) is 11.6. The van der Waals surface area contributed by atoms with E-state index in [0.29, 0.717) is 6.73 Å². The van der Waals surface area contributed by atoms with E-state index in [1.807, 2.05) is 17.7 Å². The number of nitrogens with one attached hydrogen (secondary N) is 1. The molecule has 1 heterocycles. The SMILES string of the molecule is C#Cc1c[nH]c(C)[n+]1COCC[Si](C)(C)C. The summed E-state index contributed by atoms with van der Waals surface area (Å²) in [6.07, 6.45) is 7.23. The van der Waals surface area contributed by atoms with E-state index in [2.05, 4.69) is 30.5 Å². The first kappa shape index (κ1) is 13.0. The van der Waals surface area contributed by atoms with E-state index in [1.165, 1.54) is 6.04 Å². The van der Waals surface area contributed by atoms with Crippen LogP contribution in [0, 0.1) is 19.3 Å². The van der Waals surface area contributed by atoms with Gasteiger partial charge in [-0.05, 0) is 12.0 Å². The van der Waals surface area contributed by atoms with E-state index in [9.17, 15) is 0 Å². The van der Waals surface area contributed by atoms with Crippen LogP contribution in [0.25, 0.3) is 0 Å². The fraction of sp³-hybridized carbons (Fsp3) is 0.583. The molecule has 4 heteroatoms. The third-order valence-electron chi connectivity index (χ3n) is 2.48. The minimum atomic E-state index is -0.997. The maximum Gasteiger partial charge on any atom is 0.253 e. The predicted octanol–water partition coefficient (Wildman–Crippen LogP) is 1.90. The van der Waals surface area contributed by atoms with Gasteiger partial charge in [0.15, 0.2) is 6.73 Å². The molecule has 0 fully saturated rings. The first-order valence-corrected chi connectivity index (χ1v) is 9.27. The van der Waals surface area contributed by atoms with E-state index >= 15 is 0 Å². The zero-order valence-electron chi connectivity index (χ0n) is 10.6. The van der Waals surface area contributed by atoms with Crippen molar-refractivity contribution in [1.29, 1.82) is 0 Å². The Hall–Kier alpha value is -1.05. The molecule has 0 atom stereocenters. The quantitative estimate of drug-likeness (QED) is 0.360. The number of ether oxygens (including phenoxy) is 1. The molecule has 0 bridgehead atoms. The van der Waals surface area contributed by atoms with Crippen LogP contribution in [-0.4, -0.2) is 19.7 Å². The molecule has 0 spiro atoms. The average Bonchev–Trinajstić information content (AvgIpc) is 2.53. The Balaban J connectivity index is 2.44. The number of hydrogen-bond donors (Lipinski definition) is 1. The van der Waals surface area contributed by atoms with Crippen molar-refractivity contribution in [1.82, 2.24) is 4.98 Å². The van der Waals surface area contributed by atoms with Gasteiger partial charge in [0.25, 0.3) is 5.82 Å². The Morgan fingerprint density at radius 3 is 2.75 bits per heavy atom. The van der Waals surface area contributed by atoms with Gasteiger partial charge in [-0.2, -0.15) is 4.57 Å². The molecule has 16 heavy (non-hydrogen) atoms. The molecular weight excluding hydrogens is 216 g/mol. The molecule has 88 valence electrons. The van der Waals surface area contributed by atoms with Crippen molar-refractivity contribution in [3.05, 3.63) is 17.7 Å². The van der Waals surface area contributed by atoms with Crippen LogP contribution in [0.2, 0.25) is 25.7 Å².